The molecule has 0 spiro atoms. The summed E-state index contributed by atoms with van der Waals surface area (Å²) in [6.07, 6.45) is 2.33. The second-order valence-corrected chi connectivity index (χ2v) is 6.65. The molecular formula is C19H28N2O3. The summed E-state index contributed by atoms with van der Waals surface area (Å²) in [4.78, 5) is 28.5. The zero-order chi connectivity index (χ0) is 17.7. The minimum absolute atomic E-state index is 0.0166. The highest BCUT2D eigenvalue weighted by atomic mass is 16.5. The van der Waals surface area contributed by atoms with E-state index in [4.69, 9.17) is 4.74 Å². The van der Waals surface area contributed by atoms with E-state index in [1.54, 1.807) is 9.80 Å². The lowest BCUT2D eigenvalue weighted by Crippen LogP contribution is -2.35. The van der Waals surface area contributed by atoms with Gasteiger partial charge >= 0.3 is 0 Å². The first-order chi connectivity index (χ1) is 11.4. The molecule has 0 bridgehead atoms. The number of carbonyl (C=O) groups is 2. The quantitative estimate of drug-likeness (QED) is 0.771. The molecule has 1 aliphatic rings. The summed E-state index contributed by atoms with van der Waals surface area (Å²) >= 11 is 0. The highest BCUT2D eigenvalue weighted by Gasteiger charge is 2.37. The van der Waals surface area contributed by atoms with E-state index in [1.165, 1.54) is 0 Å². The number of hydrogen-bond donors (Lipinski definition) is 0. The molecular weight excluding hydrogens is 304 g/mol. The van der Waals surface area contributed by atoms with Gasteiger partial charge in [-0.15, -0.1) is 0 Å². The van der Waals surface area contributed by atoms with Gasteiger partial charge in [0.25, 0.3) is 0 Å². The van der Waals surface area contributed by atoms with Crippen LogP contribution in [0.5, 0.6) is 5.75 Å². The molecule has 0 aliphatic carbocycles. The summed E-state index contributed by atoms with van der Waals surface area (Å²) in [5, 5.41) is 0. The number of para-hydroxylation sites is 2. The minimum atomic E-state index is -0.272. The third-order valence-electron chi connectivity index (χ3n) is 4.22. The van der Waals surface area contributed by atoms with Crippen LogP contribution in [0.1, 0.15) is 40.0 Å². The van der Waals surface area contributed by atoms with Crippen LogP contribution in [-0.4, -0.2) is 43.0 Å². The van der Waals surface area contributed by atoms with Gasteiger partial charge in [0, 0.05) is 26.6 Å². The van der Waals surface area contributed by atoms with Gasteiger partial charge in [-0.05, 0) is 32.4 Å². The van der Waals surface area contributed by atoms with Gasteiger partial charge in [0.15, 0.2) is 0 Å². The second-order valence-electron chi connectivity index (χ2n) is 6.65. The van der Waals surface area contributed by atoms with Crippen molar-refractivity contribution >= 4 is 17.5 Å². The molecule has 0 N–H and O–H groups in total. The fraction of sp³-hybridized carbons (Fsp3) is 0.579. The zero-order valence-corrected chi connectivity index (χ0v) is 15.1. The number of ether oxygens (including phenoxy) is 1. The Morgan fingerprint density at radius 2 is 2.08 bits per heavy atom. The van der Waals surface area contributed by atoms with E-state index in [0.717, 1.165) is 25.1 Å². The summed E-state index contributed by atoms with van der Waals surface area (Å²) in [5.41, 5.74) is 0.753. The van der Waals surface area contributed by atoms with Crippen molar-refractivity contribution in [2.24, 2.45) is 5.92 Å². The van der Waals surface area contributed by atoms with E-state index in [2.05, 4.69) is 6.92 Å². The standard InChI is InChI=1S/C19H28N2O3/c1-5-6-11-20(4)19(23)15-12-18(22)21(13-15)16-9-7-8-10-17(16)24-14(2)3/h7-10,14-15H,5-6,11-13H2,1-4H3. The average molecular weight is 332 g/mol. The van der Waals surface area contributed by atoms with Gasteiger partial charge in [0.2, 0.25) is 11.8 Å². The van der Waals surface area contributed by atoms with Crippen molar-refractivity contribution < 1.29 is 14.3 Å². The molecule has 0 radical (unpaired) electrons. The lowest BCUT2D eigenvalue weighted by atomic mass is 10.1. The largest absolute Gasteiger partial charge is 0.489 e. The fourth-order valence-electron chi connectivity index (χ4n) is 2.96. The summed E-state index contributed by atoms with van der Waals surface area (Å²) in [7, 11) is 1.82. The smallest absolute Gasteiger partial charge is 0.227 e. The predicted octanol–water partition coefficient (Wildman–Crippen LogP) is 3.09. The van der Waals surface area contributed by atoms with Gasteiger partial charge < -0.3 is 14.5 Å². The number of rotatable bonds is 7. The summed E-state index contributed by atoms with van der Waals surface area (Å²) in [5.74, 6) is 0.457. The molecule has 0 aromatic heterocycles. The number of unbranched alkanes of at least 4 members (excludes halogenated alkanes) is 1. The highest BCUT2D eigenvalue weighted by molar-refractivity contribution is 6.01. The van der Waals surface area contributed by atoms with Crippen LogP contribution in [0.4, 0.5) is 5.69 Å². The third kappa shape index (κ3) is 4.28. The molecule has 2 amide bonds. The zero-order valence-electron chi connectivity index (χ0n) is 15.1. The number of hydrogen-bond acceptors (Lipinski definition) is 3. The molecule has 1 aliphatic heterocycles. The van der Waals surface area contributed by atoms with Crippen LogP contribution in [-0.2, 0) is 9.59 Å². The predicted molar refractivity (Wildman–Crippen MR) is 95.2 cm³/mol. The molecule has 0 saturated carbocycles. The molecule has 132 valence electrons. The molecule has 2 rings (SSSR count). The SMILES string of the molecule is CCCCN(C)C(=O)C1CC(=O)N(c2ccccc2OC(C)C)C1. The molecule has 1 aromatic carbocycles. The monoisotopic (exact) mass is 332 g/mol. The number of anilines is 1. The summed E-state index contributed by atoms with van der Waals surface area (Å²) < 4.78 is 5.81. The molecule has 24 heavy (non-hydrogen) atoms. The molecule has 5 heteroatoms. The molecule has 5 nitrogen and oxygen atoms in total. The summed E-state index contributed by atoms with van der Waals surface area (Å²) in [6, 6.07) is 7.52. The highest BCUT2D eigenvalue weighted by Crippen LogP contribution is 2.34. The van der Waals surface area contributed by atoms with E-state index in [9.17, 15) is 9.59 Å². The van der Waals surface area contributed by atoms with Crippen molar-refractivity contribution in [3.05, 3.63) is 24.3 Å². The maximum absolute atomic E-state index is 12.6. The number of amides is 2. The normalized spacial score (nSPS) is 17.5. The third-order valence-corrected chi connectivity index (χ3v) is 4.22. The van der Waals surface area contributed by atoms with Crippen LogP contribution in [0, 0.1) is 5.92 Å². The Bertz CT molecular complexity index is 586. The van der Waals surface area contributed by atoms with Crippen molar-refractivity contribution in [1.29, 1.82) is 0 Å². The van der Waals surface area contributed by atoms with Crippen molar-refractivity contribution in [2.45, 2.75) is 46.1 Å². The van der Waals surface area contributed by atoms with Crippen LogP contribution in [0.2, 0.25) is 0 Å². The lowest BCUT2D eigenvalue weighted by molar-refractivity contribution is -0.134. The van der Waals surface area contributed by atoms with Crippen LogP contribution < -0.4 is 9.64 Å². The van der Waals surface area contributed by atoms with Gasteiger partial charge in [0.1, 0.15) is 5.75 Å². The average Bonchev–Trinajstić information content (AvgIpc) is 2.93. The fourth-order valence-corrected chi connectivity index (χ4v) is 2.96. The second kappa shape index (κ2) is 8.18. The van der Waals surface area contributed by atoms with E-state index < -0.39 is 0 Å². The Morgan fingerprint density at radius 3 is 2.75 bits per heavy atom. The maximum atomic E-state index is 12.6. The van der Waals surface area contributed by atoms with Crippen LogP contribution in [0.25, 0.3) is 0 Å². The van der Waals surface area contributed by atoms with Crippen molar-refractivity contribution in [3.63, 3.8) is 0 Å². The number of benzene rings is 1. The number of nitrogens with zero attached hydrogens (tertiary/aromatic N) is 2. The van der Waals surface area contributed by atoms with E-state index in [1.807, 2.05) is 45.2 Å². The van der Waals surface area contributed by atoms with Crippen LogP contribution >= 0.6 is 0 Å². The van der Waals surface area contributed by atoms with Gasteiger partial charge in [-0.3, -0.25) is 9.59 Å². The van der Waals surface area contributed by atoms with Crippen LogP contribution in [0.15, 0.2) is 24.3 Å². The van der Waals surface area contributed by atoms with E-state index in [-0.39, 0.29) is 30.3 Å². The first kappa shape index (κ1) is 18.3. The van der Waals surface area contributed by atoms with Crippen molar-refractivity contribution in [3.8, 4) is 5.75 Å². The Morgan fingerprint density at radius 1 is 1.38 bits per heavy atom. The summed E-state index contributed by atoms with van der Waals surface area (Å²) in [6.45, 7) is 7.18. The van der Waals surface area contributed by atoms with Gasteiger partial charge in [-0.2, -0.15) is 0 Å². The molecule has 1 atom stereocenters. The lowest BCUT2D eigenvalue weighted by Gasteiger charge is -2.23. The molecule has 1 saturated heterocycles. The first-order valence-electron chi connectivity index (χ1n) is 8.75. The maximum Gasteiger partial charge on any atom is 0.227 e. The van der Waals surface area contributed by atoms with Crippen molar-refractivity contribution in [2.75, 3.05) is 25.0 Å². The van der Waals surface area contributed by atoms with Crippen LogP contribution in [0.3, 0.4) is 0 Å². The molecule has 1 fully saturated rings. The Labute approximate surface area is 144 Å². The van der Waals surface area contributed by atoms with E-state index >= 15 is 0 Å². The topological polar surface area (TPSA) is 49.9 Å². The Kier molecular flexibility index (Phi) is 6.23. The number of carbonyl (C=O) groups excluding carboxylic acids is 2. The Hall–Kier alpha value is -2.04. The minimum Gasteiger partial charge on any atom is -0.489 e. The molecule has 1 aromatic rings. The first-order valence-corrected chi connectivity index (χ1v) is 8.75. The molecule has 1 unspecified atom stereocenters. The van der Waals surface area contributed by atoms with E-state index in [0.29, 0.717) is 12.3 Å². The Balaban J connectivity index is 2.11. The van der Waals surface area contributed by atoms with Gasteiger partial charge in [0.05, 0.1) is 17.7 Å². The van der Waals surface area contributed by atoms with Gasteiger partial charge in [-0.1, -0.05) is 25.5 Å². The van der Waals surface area contributed by atoms with Crippen molar-refractivity contribution in [1.82, 2.24) is 4.90 Å². The van der Waals surface area contributed by atoms with Gasteiger partial charge in [-0.25, -0.2) is 0 Å². The molecule has 1 heterocycles.